The molecule has 3 unspecified atom stereocenters. The number of carbonyl (C=O) groups excluding carboxylic acids is 1. The molecule has 3 aliphatic rings. The Balaban J connectivity index is 1.43. The van der Waals surface area contributed by atoms with E-state index in [0.717, 1.165) is 15.9 Å². The number of fused-ring (bicyclic) bond motifs is 1. The van der Waals surface area contributed by atoms with Crippen LogP contribution in [0, 0.1) is 5.92 Å². The van der Waals surface area contributed by atoms with E-state index in [1.165, 1.54) is 48.2 Å². The van der Waals surface area contributed by atoms with Gasteiger partial charge in [0.2, 0.25) is 5.91 Å². The fraction of sp³-hybridized carbons (Fsp3) is 0.600. The zero-order valence-corrected chi connectivity index (χ0v) is 17.6. The minimum absolute atomic E-state index is 0.0459. The van der Waals surface area contributed by atoms with Gasteiger partial charge in [0.1, 0.15) is 6.54 Å². The number of benzene rings is 1. The molecule has 3 saturated heterocycles. The van der Waals surface area contributed by atoms with Crippen LogP contribution in [0.4, 0.5) is 0 Å². The van der Waals surface area contributed by atoms with Gasteiger partial charge in [0, 0.05) is 29.9 Å². The van der Waals surface area contributed by atoms with Gasteiger partial charge < -0.3 is 19.6 Å². The van der Waals surface area contributed by atoms with Crippen LogP contribution in [0.5, 0.6) is 0 Å². The maximum atomic E-state index is 12.3. The normalized spacial score (nSPS) is 30.9. The minimum atomic E-state index is -0.952. The number of thioether (sulfide) groups is 2. The fourth-order valence-corrected chi connectivity index (χ4v) is 7.90. The number of quaternary nitrogens is 1. The zero-order chi connectivity index (χ0) is 19.9. The quantitative estimate of drug-likeness (QED) is 0.517. The van der Waals surface area contributed by atoms with Crippen LogP contribution in [0.15, 0.2) is 29.2 Å². The number of rotatable bonds is 7. The van der Waals surface area contributed by atoms with Gasteiger partial charge >= 0.3 is 5.97 Å². The second kappa shape index (κ2) is 7.89. The van der Waals surface area contributed by atoms with Gasteiger partial charge in [-0.25, -0.2) is 4.79 Å². The van der Waals surface area contributed by atoms with E-state index in [1.54, 1.807) is 11.8 Å². The third-order valence-corrected chi connectivity index (χ3v) is 9.12. The van der Waals surface area contributed by atoms with Crippen LogP contribution < -0.4 is 0 Å². The van der Waals surface area contributed by atoms with Gasteiger partial charge in [0.15, 0.2) is 6.04 Å². The van der Waals surface area contributed by atoms with Crippen LogP contribution in [0.1, 0.15) is 24.8 Å². The lowest BCUT2D eigenvalue weighted by atomic mass is 9.93. The molecule has 0 saturated carbocycles. The van der Waals surface area contributed by atoms with E-state index in [0.29, 0.717) is 6.42 Å². The Morgan fingerprint density at radius 2 is 1.96 bits per heavy atom. The highest BCUT2D eigenvalue weighted by molar-refractivity contribution is 8.17. The van der Waals surface area contributed by atoms with Gasteiger partial charge in [-0.1, -0.05) is 12.1 Å². The molecular formula is C20H27N2O4S2+. The highest BCUT2D eigenvalue weighted by Gasteiger charge is 2.60. The molecule has 0 bridgehead atoms. The number of β-lactam (4-membered cyclic amide) rings is 1. The molecule has 3 fully saturated rings. The maximum Gasteiger partial charge on any atom is 0.328 e. The van der Waals surface area contributed by atoms with Crippen molar-refractivity contribution in [3.05, 3.63) is 29.8 Å². The first kappa shape index (κ1) is 20.1. The molecule has 8 heteroatoms. The summed E-state index contributed by atoms with van der Waals surface area (Å²) in [6.45, 7) is 3.45. The first-order valence-corrected chi connectivity index (χ1v) is 11.6. The topological polar surface area (TPSA) is 77.8 Å². The van der Waals surface area contributed by atoms with Crippen molar-refractivity contribution in [3.63, 3.8) is 0 Å². The third-order valence-electron chi connectivity index (χ3n) is 6.10. The summed E-state index contributed by atoms with van der Waals surface area (Å²) in [7, 11) is 2.31. The van der Waals surface area contributed by atoms with Gasteiger partial charge in [0.05, 0.1) is 36.0 Å². The van der Waals surface area contributed by atoms with Crippen LogP contribution in [0.2, 0.25) is 0 Å². The number of likely N-dealkylation sites (tertiary alicyclic amines) is 1. The number of aliphatic carboxylic acids is 1. The smallest absolute Gasteiger partial charge is 0.328 e. The van der Waals surface area contributed by atoms with E-state index in [9.17, 15) is 14.7 Å². The molecule has 152 valence electrons. The van der Waals surface area contributed by atoms with Crippen molar-refractivity contribution in [2.75, 3.05) is 26.7 Å². The molecule has 0 aliphatic carbocycles. The Morgan fingerprint density at radius 1 is 1.29 bits per heavy atom. The maximum absolute atomic E-state index is 12.3. The van der Waals surface area contributed by atoms with Crippen molar-refractivity contribution < 1.29 is 24.3 Å². The van der Waals surface area contributed by atoms with Crippen LogP contribution >= 0.6 is 23.5 Å². The van der Waals surface area contributed by atoms with E-state index in [4.69, 9.17) is 5.11 Å². The first-order valence-electron chi connectivity index (χ1n) is 9.82. The standard InChI is InChI=1S/C20H26N2O4S2/c1-22(9-2-3-10-22)12-13-4-6-14(7-5-13)27-20-16(19(25)26)21-17(24)15(8-11-23)18(21)28-20/h4-7,15-16,18,20,23H,2-3,8-12H2,1H3/p+1/t15-,16?,18?,20?/m0/s1. The molecule has 3 heterocycles. The number of amides is 1. The summed E-state index contributed by atoms with van der Waals surface area (Å²) in [5.74, 6) is -1.35. The molecule has 1 amide bonds. The number of hydrogen-bond acceptors (Lipinski definition) is 5. The number of nitrogens with zero attached hydrogens (tertiary/aromatic N) is 2. The predicted molar refractivity (Wildman–Crippen MR) is 110 cm³/mol. The van der Waals surface area contributed by atoms with E-state index in [-0.39, 0.29) is 28.4 Å². The third kappa shape index (κ3) is 3.67. The minimum Gasteiger partial charge on any atom is -0.480 e. The molecule has 1 aromatic rings. The summed E-state index contributed by atoms with van der Waals surface area (Å²) in [6, 6.07) is 7.63. The Morgan fingerprint density at radius 3 is 2.57 bits per heavy atom. The molecule has 4 atom stereocenters. The predicted octanol–water partition coefficient (Wildman–Crippen LogP) is 2.21. The monoisotopic (exact) mass is 423 g/mol. The van der Waals surface area contributed by atoms with E-state index in [1.807, 2.05) is 0 Å². The van der Waals surface area contributed by atoms with Crippen LogP contribution in [-0.4, -0.2) is 74.2 Å². The summed E-state index contributed by atoms with van der Waals surface area (Å²) in [4.78, 5) is 26.7. The lowest BCUT2D eigenvalue weighted by molar-refractivity contribution is -0.910. The van der Waals surface area contributed by atoms with Crippen LogP contribution in [-0.2, 0) is 16.1 Å². The molecule has 1 aromatic carbocycles. The molecule has 2 N–H and O–H groups in total. The molecule has 0 spiro atoms. The van der Waals surface area contributed by atoms with Gasteiger partial charge in [-0.15, -0.1) is 23.5 Å². The van der Waals surface area contributed by atoms with Crippen molar-refractivity contribution in [2.45, 2.75) is 46.7 Å². The Bertz CT molecular complexity index is 751. The van der Waals surface area contributed by atoms with E-state index < -0.39 is 12.0 Å². The summed E-state index contributed by atoms with van der Waals surface area (Å²) in [6.07, 6.45) is 3.00. The number of hydrogen-bond donors (Lipinski definition) is 2. The number of carbonyl (C=O) groups is 2. The molecule has 4 rings (SSSR count). The number of carboxylic acids is 1. The number of aliphatic hydroxyl groups is 1. The second-order valence-corrected chi connectivity index (χ2v) is 11.0. The molecule has 0 aromatic heterocycles. The lowest BCUT2D eigenvalue weighted by Gasteiger charge is -2.43. The average Bonchev–Trinajstić information content (AvgIpc) is 3.23. The largest absolute Gasteiger partial charge is 0.480 e. The second-order valence-electron chi connectivity index (χ2n) is 8.24. The van der Waals surface area contributed by atoms with E-state index in [2.05, 4.69) is 31.3 Å². The summed E-state index contributed by atoms with van der Waals surface area (Å²) < 4.78 is 0.862. The zero-order valence-electron chi connectivity index (χ0n) is 16.0. The highest BCUT2D eigenvalue weighted by Crippen LogP contribution is 2.53. The highest BCUT2D eigenvalue weighted by atomic mass is 32.2. The van der Waals surface area contributed by atoms with Crippen molar-refractivity contribution in [1.82, 2.24) is 4.90 Å². The van der Waals surface area contributed by atoms with Crippen molar-refractivity contribution >= 4 is 35.4 Å². The molecule has 3 aliphatic heterocycles. The van der Waals surface area contributed by atoms with Crippen molar-refractivity contribution in [3.8, 4) is 0 Å². The van der Waals surface area contributed by atoms with Gasteiger partial charge in [-0.05, 0) is 18.6 Å². The number of carboxylic acid groups (broad SMARTS) is 1. The van der Waals surface area contributed by atoms with Crippen LogP contribution in [0.3, 0.4) is 0 Å². The molecular weight excluding hydrogens is 396 g/mol. The summed E-state index contributed by atoms with van der Waals surface area (Å²) >= 11 is 3.07. The Hall–Kier alpha value is -1.22. The summed E-state index contributed by atoms with van der Waals surface area (Å²) in [5, 5.41) is 18.7. The first-order chi connectivity index (χ1) is 13.4. The Labute approximate surface area is 173 Å². The molecule has 0 radical (unpaired) electrons. The van der Waals surface area contributed by atoms with Gasteiger partial charge in [0.25, 0.3) is 0 Å². The lowest BCUT2D eigenvalue weighted by Crippen LogP contribution is -2.61. The van der Waals surface area contributed by atoms with Crippen LogP contribution in [0.25, 0.3) is 0 Å². The molecule has 28 heavy (non-hydrogen) atoms. The summed E-state index contributed by atoms with van der Waals surface area (Å²) in [5.41, 5.74) is 1.31. The van der Waals surface area contributed by atoms with Gasteiger partial charge in [-0.2, -0.15) is 0 Å². The fourth-order valence-electron chi connectivity index (χ4n) is 4.59. The SMILES string of the molecule is C[N+]1(Cc2ccc(SC3SC4[C@@H](CCO)C(=O)N4C3C(=O)O)cc2)CCCC1. The Kier molecular flexibility index (Phi) is 5.66. The van der Waals surface area contributed by atoms with Crippen molar-refractivity contribution in [1.29, 1.82) is 0 Å². The average molecular weight is 424 g/mol. The van der Waals surface area contributed by atoms with Gasteiger partial charge in [-0.3, -0.25) is 4.79 Å². The van der Waals surface area contributed by atoms with Crippen molar-refractivity contribution in [2.24, 2.45) is 5.92 Å². The number of aliphatic hydroxyl groups excluding tert-OH is 1. The van der Waals surface area contributed by atoms with E-state index >= 15 is 0 Å². The molecule has 6 nitrogen and oxygen atoms in total.